The molecule has 8 nitrogen and oxygen atoms in total. The Balaban J connectivity index is 1.21. The fourth-order valence-electron chi connectivity index (χ4n) is 2.86. The first-order valence-electron chi connectivity index (χ1n) is 9.68. The normalized spacial score (nSPS) is 10.8. The summed E-state index contributed by atoms with van der Waals surface area (Å²) in [6.45, 7) is 2.51. The molecule has 4 rings (SSSR count). The van der Waals surface area contributed by atoms with Crippen molar-refractivity contribution in [1.29, 1.82) is 0 Å². The van der Waals surface area contributed by atoms with Crippen LogP contribution in [0.2, 0.25) is 0 Å². The van der Waals surface area contributed by atoms with Crippen LogP contribution in [0.15, 0.2) is 64.0 Å². The summed E-state index contributed by atoms with van der Waals surface area (Å²) < 4.78 is 10.7. The van der Waals surface area contributed by atoms with Gasteiger partial charge in [0, 0.05) is 49.3 Å². The maximum atomic E-state index is 12.1. The Labute approximate surface area is 173 Å². The molecule has 0 fully saturated rings. The van der Waals surface area contributed by atoms with Gasteiger partial charge >= 0.3 is 0 Å². The van der Waals surface area contributed by atoms with Gasteiger partial charge in [-0.1, -0.05) is 22.9 Å². The molecule has 1 amide bonds. The summed E-state index contributed by atoms with van der Waals surface area (Å²) >= 11 is 0. The van der Waals surface area contributed by atoms with E-state index < -0.39 is 0 Å². The number of carbonyl (C=O) groups is 1. The fraction of sp³-hybridized carbons (Fsp3) is 0.227. The Hall–Kier alpha value is -3.81. The highest BCUT2D eigenvalue weighted by molar-refractivity contribution is 5.76. The van der Waals surface area contributed by atoms with Gasteiger partial charge in [0.15, 0.2) is 0 Å². The molecule has 0 spiro atoms. The van der Waals surface area contributed by atoms with Crippen molar-refractivity contribution in [3.05, 3.63) is 72.2 Å². The van der Waals surface area contributed by atoms with E-state index in [1.165, 1.54) is 5.56 Å². The van der Waals surface area contributed by atoms with Crippen LogP contribution in [0.3, 0.4) is 0 Å². The van der Waals surface area contributed by atoms with E-state index in [9.17, 15) is 4.79 Å². The van der Waals surface area contributed by atoms with Gasteiger partial charge in [-0.2, -0.15) is 4.98 Å². The van der Waals surface area contributed by atoms with Crippen molar-refractivity contribution < 1.29 is 13.7 Å². The van der Waals surface area contributed by atoms with Crippen molar-refractivity contribution in [3.8, 4) is 22.8 Å². The number of aromatic nitrogens is 4. The molecule has 0 aliphatic rings. The van der Waals surface area contributed by atoms with Gasteiger partial charge in [0.1, 0.15) is 6.26 Å². The van der Waals surface area contributed by atoms with Crippen LogP contribution in [-0.4, -0.2) is 32.6 Å². The molecule has 1 aromatic carbocycles. The number of amides is 1. The summed E-state index contributed by atoms with van der Waals surface area (Å²) in [7, 11) is 0. The Morgan fingerprint density at radius 1 is 1.07 bits per heavy atom. The van der Waals surface area contributed by atoms with Crippen molar-refractivity contribution in [3.63, 3.8) is 0 Å². The minimum absolute atomic E-state index is 0.0848. The second-order valence-electron chi connectivity index (χ2n) is 6.86. The van der Waals surface area contributed by atoms with Crippen molar-refractivity contribution in [1.82, 2.24) is 25.4 Å². The van der Waals surface area contributed by atoms with Gasteiger partial charge in [-0.25, -0.2) is 4.98 Å². The molecular weight excluding hydrogens is 382 g/mol. The lowest BCUT2D eigenvalue weighted by Gasteiger charge is -2.02. The second kappa shape index (κ2) is 9.13. The zero-order chi connectivity index (χ0) is 20.8. The van der Waals surface area contributed by atoms with Crippen LogP contribution < -0.4 is 5.32 Å². The highest BCUT2D eigenvalue weighted by Crippen LogP contribution is 2.19. The number of oxazole rings is 1. The molecular formula is C22H21N5O3. The zero-order valence-electron chi connectivity index (χ0n) is 16.5. The summed E-state index contributed by atoms with van der Waals surface area (Å²) in [6.07, 6.45) is 6.20. The average Bonchev–Trinajstić information content (AvgIpc) is 3.43. The van der Waals surface area contributed by atoms with Crippen LogP contribution in [0.4, 0.5) is 0 Å². The third-order valence-corrected chi connectivity index (χ3v) is 4.51. The summed E-state index contributed by atoms with van der Waals surface area (Å²) in [6, 6.07) is 11.6. The quantitative estimate of drug-likeness (QED) is 0.480. The number of nitrogens with zero attached hydrogens (tertiary/aromatic N) is 4. The van der Waals surface area contributed by atoms with Crippen LogP contribution in [0.25, 0.3) is 22.8 Å². The highest BCUT2D eigenvalue weighted by Gasteiger charge is 2.11. The fourth-order valence-corrected chi connectivity index (χ4v) is 2.86. The van der Waals surface area contributed by atoms with Gasteiger partial charge < -0.3 is 14.3 Å². The van der Waals surface area contributed by atoms with Crippen LogP contribution in [0, 0.1) is 6.92 Å². The minimum atomic E-state index is -0.0848. The van der Waals surface area contributed by atoms with Gasteiger partial charge in [-0.3, -0.25) is 9.78 Å². The van der Waals surface area contributed by atoms with E-state index in [0.717, 1.165) is 16.8 Å². The Morgan fingerprint density at radius 2 is 1.93 bits per heavy atom. The molecule has 0 aliphatic carbocycles. The average molecular weight is 403 g/mol. The van der Waals surface area contributed by atoms with E-state index in [4.69, 9.17) is 8.94 Å². The molecule has 0 saturated heterocycles. The molecule has 0 radical (unpaired) electrons. The molecule has 30 heavy (non-hydrogen) atoms. The third-order valence-electron chi connectivity index (χ3n) is 4.51. The number of hydrogen-bond donors (Lipinski definition) is 1. The summed E-state index contributed by atoms with van der Waals surface area (Å²) in [5.41, 5.74) is 3.68. The zero-order valence-corrected chi connectivity index (χ0v) is 16.5. The van der Waals surface area contributed by atoms with Crippen LogP contribution in [0.5, 0.6) is 0 Å². The van der Waals surface area contributed by atoms with Crippen LogP contribution >= 0.6 is 0 Å². The molecule has 0 unspecified atom stereocenters. The molecule has 8 heteroatoms. The highest BCUT2D eigenvalue weighted by atomic mass is 16.5. The Bertz CT molecular complexity index is 1100. The van der Waals surface area contributed by atoms with Crippen molar-refractivity contribution in [2.24, 2.45) is 0 Å². The lowest BCUT2D eigenvalue weighted by molar-refractivity contribution is -0.121. The van der Waals surface area contributed by atoms with Crippen LogP contribution in [-0.2, 0) is 17.6 Å². The maximum absolute atomic E-state index is 12.1. The van der Waals surface area contributed by atoms with E-state index in [1.54, 1.807) is 24.7 Å². The van der Waals surface area contributed by atoms with Gasteiger partial charge in [0.2, 0.25) is 23.5 Å². The second-order valence-corrected chi connectivity index (χ2v) is 6.86. The number of nitrogens with one attached hydrogen (secondary N) is 1. The number of carbonyl (C=O) groups excluding carboxylic acids is 1. The van der Waals surface area contributed by atoms with Gasteiger partial charge in [-0.05, 0) is 31.2 Å². The predicted molar refractivity (Wildman–Crippen MR) is 109 cm³/mol. The largest absolute Gasteiger partial charge is 0.444 e. The summed E-state index contributed by atoms with van der Waals surface area (Å²) in [4.78, 5) is 24.9. The molecule has 0 atom stereocenters. The SMILES string of the molecule is Cc1ccc(-c2nc(CCNC(=O)CCc3nc(-c4cccnc4)no3)co2)cc1. The van der Waals surface area contributed by atoms with E-state index in [0.29, 0.717) is 37.0 Å². The third kappa shape index (κ3) is 4.96. The molecule has 152 valence electrons. The standard InChI is InChI=1S/C22H21N5O3/c1-15-4-6-16(7-5-15)22-25-18(14-29-22)10-12-24-19(28)8-9-20-26-21(27-30-20)17-3-2-11-23-13-17/h2-7,11,13-14H,8-10,12H2,1H3,(H,24,28). The number of rotatable bonds is 8. The number of hydrogen-bond acceptors (Lipinski definition) is 7. The lowest BCUT2D eigenvalue weighted by Crippen LogP contribution is -2.26. The summed E-state index contributed by atoms with van der Waals surface area (Å²) in [5.74, 6) is 1.38. The van der Waals surface area contributed by atoms with Crippen molar-refractivity contribution in [2.45, 2.75) is 26.2 Å². The molecule has 4 aromatic rings. The molecule has 3 heterocycles. The first kappa shape index (κ1) is 19.5. The molecule has 1 N–H and O–H groups in total. The van der Waals surface area contributed by atoms with Crippen LogP contribution in [0.1, 0.15) is 23.6 Å². The van der Waals surface area contributed by atoms with Crippen molar-refractivity contribution in [2.75, 3.05) is 6.54 Å². The molecule has 0 bridgehead atoms. The summed E-state index contributed by atoms with van der Waals surface area (Å²) in [5, 5.41) is 6.80. The van der Waals surface area contributed by atoms with E-state index in [-0.39, 0.29) is 12.3 Å². The molecule has 0 saturated carbocycles. The maximum Gasteiger partial charge on any atom is 0.227 e. The van der Waals surface area contributed by atoms with Gasteiger partial charge in [0.05, 0.1) is 5.69 Å². The first-order chi connectivity index (χ1) is 14.7. The minimum Gasteiger partial charge on any atom is -0.444 e. The topological polar surface area (TPSA) is 107 Å². The first-order valence-corrected chi connectivity index (χ1v) is 9.68. The smallest absolute Gasteiger partial charge is 0.227 e. The lowest BCUT2D eigenvalue weighted by atomic mass is 10.1. The monoisotopic (exact) mass is 403 g/mol. The van der Waals surface area contributed by atoms with Crippen molar-refractivity contribution >= 4 is 5.91 Å². The van der Waals surface area contributed by atoms with Gasteiger partial charge in [0.25, 0.3) is 0 Å². The Morgan fingerprint density at radius 3 is 2.73 bits per heavy atom. The predicted octanol–water partition coefficient (Wildman–Crippen LogP) is 3.39. The number of aryl methyl sites for hydroxylation is 2. The number of benzene rings is 1. The Kier molecular flexibility index (Phi) is 5.93. The molecule has 3 aromatic heterocycles. The van der Waals surface area contributed by atoms with E-state index in [2.05, 4.69) is 25.4 Å². The number of pyridine rings is 1. The van der Waals surface area contributed by atoms with E-state index in [1.807, 2.05) is 37.3 Å². The van der Waals surface area contributed by atoms with Gasteiger partial charge in [-0.15, -0.1) is 0 Å². The van der Waals surface area contributed by atoms with E-state index >= 15 is 0 Å². The molecule has 0 aliphatic heterocycles.